The summed E-state index contributed by atoms with van der Waals surface area (Å²) in [6, 6.07) is 11.4. The van der Waals surface area contributed by atoms with Gasteiger partial charge in [0, 0.05) is 24.2 Å². The summed E-state index contributed by atoms with van der Waals surface area (Å²) in [5.41, 5.74) is 8.37. The van der Waals surface area contributed by atoms with E-state index in [0.717, 1.165) is 11.1 Å². The van der Waals surface area contributed by atoms with E-state index in [0.29, 0.717) is 0 Å². The van der Waals surface area contributed by atoms with Crippen LogP contribution in [0, 0.1) is 6.92 Å². The fourth-order valence-electron chi connectivity index (χ4n) is 2.02. The molecule has 0 atom stereocenters. The van der Waals surface area contributed by atoms with Gasteiger partial charge < -0.3 is 10.5 Å². The minimum absolute atomic E-state index is 0.0405. The Labute approximate surface area is 133 Å². The molecule has 1 aromatic carbocycles. The average molecular weight is 306 g/mol. The molecule has 0 fully saturated rings. The van der Waals surface area contributed by atoms with Crippen LogP contribution in [0.25, 0.3) is 11.1 Å². The molecular formula is C17H14N4O2. The van der Waals surface area contributed by atoms with Crippen molar-refractivity contribution in [3.63, 3.8) is 0 Å². The topological polar surface area (TPSA) is 91.0 Å². The number of benzene rings is 1. The van der Waals surface area contributed by atoms with E-state index in [2.05, 4.69) is 15.0 Å². The van der Waals surface area contributed by atoms with Crippen molar-refractivity contribution >= 4 is 5.91 Å². The third-order valence-corrected chi connectivity index (χ3v) is 3.22. The molecule has 0 saturated carbocycles. The molecule has 3 aromatic rings. The number of rotatable bonds is 4. The van der Waals surface area contributed by atoms with Gasteiger partial charge in [0.15, 0.2) is 11.4 Å². The minimum Gasteiger partial charge on any atom is -0.422 e. The van der Waals surface area contributed by atoms with Crippen LogP contribution in [0.5, 0.6) is 11.8 Å². The molecule has 6 nitrogen and oxygen atoms in total. The summed E-state index contributed by atoms with van der Waals surface area (Å²) in [5, 5.41) is 0. The van der Waals surface area contributed by atoms with Gasteiger partial charge in [0.2, 0.25) is 0 Å². The summed E-state index contributed by atoms with van der Waals surface area (Å²) in [7, 11) is 0. The maximum Gasteiger partial charge on any atom is 0.321 e. The maximum atomic E-state index is 11.3. The quantitative estimate of drug-likeness (QED) is 0.800. The van der Waals surface area contributed by atoms with E-state index in [1.54, 1.807) is 24.5 Å². The molecule has 3 rings (SSSR count). The summed E-state index contributed by atoms with van der Waals surface area (Å²) in [4.78, 5) is 23.5. The van der Waals surface area contributed by atoms with Crippen molar-refractivity contribution in [2.75, 3.05) is 0 Å². The van der Waals surface area contributed by atoms with Gasteiger partial charge in [-0.2, -0.15) is 0 Å². The molecule has 0 saturated heterocycles. The number of carbonyl (C=O) groups is 1. The lowest BCUT2D eigenvalue weighted by Crippen LogP contribution is -2.14. The fourth-order valence-corrected chi connectivity index (χ4v) is 2.02. The number of hydrogen-bond donors (Lipinski definition) is 1. The number of carbonyl (C=O) groups excluding carboxylic acids is 1. The van der Waals surface area contributed by atoms with Crippen LogP contribution in [-0.2, 0) is 0 Å². The molecule has 2 heterocycles. The van der Waals surface area contributed by atoms with Crippen molar-refractivity contribution in [1.82, 2.24) is 15.0 Å². The van der Waals surface area contributed by atoms with Crippen molar-refractivity contribution in [2.24, 2.45) is 5.73 Å². The van der Waals surface area contributed by atoms with E-state index < -0.39 is 5.91 Å². The van der Waals surface area contributed by atoms with Crippen LogP contribution in [0.3, 0.4) is 0 Å². The average Bonchev–Trinajstić information content (AvgIpc) is 2.57. The third kappa shape index (κ3) is 3.32. The first-order chi connectivity index (χ1) is 11.1. The Kier molecular flexibility index (Phi) is 3.97. The molecule has 0 aliphatic rings. The largest absolute Gasteiger partial charge is 0.422 e. The lowest BCUT2D eigenvalue weighted by molar-refractivity contribution is 0.0993. The van der Waals surface area contributed by atoms with E-state index in [1.165, 1.54) is 11.8 Å². The third-order valence-electron chi connectivity index (χ3n) is 3.22. The van der Waals surface area contributed by atoms with Crippen molar-refractivity contribution in [2.45, 2.75) is 6.92 Å². The Morgan fingerprint density at radius 1 is 1.00 bits per heavy atom. The normalized spacial score (nSPS) is 10.3. The lowest BCUT2D eigenvalue weighted by Gasteiger charge is -2.07. The number of aryl methyl sites for hydroxylation is 1. The zero-order valence-corrected chi connectivity index (χ0v) is 12.4. The van der Waals surface area contributed by atoms with Crippen LogP contribution in [-0.4, -0.2) is 20.9 Å². The highest BCUT2D eigenvalue weighted by Gasteiger charge is 2.12. The van der Waals surface area contributed by atoms with Crippen LogP contribution in [0.4, 0.5) is 0 Å². The second-order valence-corrected chi connectivity index (χ2v) is 4.94. The Morgan fingerprint density at radius 2 is 1.70 bits per heavy atom. The van der Waals surface area contributed by atoms with Gasteiger partial charge in [-0.3, -0.25) is 4.79 Å². The smallest absolute Gasteiger partial charge is 0.321 e. The van der Waals surface area contributed by atoms with Gasteiger partial charge in [0.1, 0.15) is 0 Å². The summed E-state index contributed by atoms with van der Waals surface area (Å²) in [6.07, 6.45) is 4.79. The van der Waals surface area contributed by atoms with Gasteiger partial charge in [-0.25, -0.2) is 15.0 Å². The zero-order valence-electron chi connectivity index (χ0n) is 12.4. The number of primary amides is 1. The van der Waals surface area contributed by atoms with Gasteiger partial charge in [-0.1, -0.05) is 29.8 Å². The predicted octanol–water partition coefficient (Wildman–Crippen LogP) is 2.74. The fraction of sp³-hybridized carbons (Fsp3) is 0.0588. The van der Waals surface area contributed by atoms with E-state index >= 15 is 0 Å². The van der Waals surface area contributed by atoms with Crippen LogP contribution >= 0.6 is 0 Å². The Morgan fingerprint density at radius 3 is 2.35 bits per heavy atom. The maximum absolute atomic E-state index is 11.3. The highest BCUT2D eigenvalue weighted by atomic mass is 16.5. The number of nitrogens with two attached hydrogens (primary N) is 1. The molecule has 0 bridgehead atoms. The lowest BCUT2D eigenvalue weighted by atomic mass is 10.1. The summed E-state index contributed by atoms with van der Waals surface area (Å²) in [5.74, 6) is -0.444. The first-order valence-corrected chi connectivity index (χ1v) is 6.95. The Balaban J connectivity index is 1.83. The number of hydrogen-bond acceptors (Lipinski definition) is 5. The van der Waals surface area contributed by atoms with Gasteiger partial charge in [-0.05, 0) is 24.6 Å². The molecule has 0 aliphatic carbocycles. The monoisotopic (exact) mass is 306 g/mol. The number of pyridine rings is 1. The van der Waals surface area contributed by atoms with Crippen LogP contribution in [0.2, 0.25) is 0 Å². The predicted molar refractivity (Wildman–Crippen MR) is 85.0 cm³/mol. The minimum atomic E-state index is -0.670. The van der Waals surface area contributed by atoms with Crippen molar-refractivity contribution in [3.8, 4) is 22.9 Å². The first-order valence-electron chi connectivity index (χ1n) is 6.95. The Hall–Kier alpha value is -3.28. The number of nitrogens with zero attached hydrogens (tertiary/aromatic N) is 3. The molecule has 0 unspecified atom stereocenters. The first kappa shape index (κ1) is 14.6. The standard InChI is InChI=1S/C17H14N4O2/c1-11-4-6-12(7-5-11)13-9-20-17(21-10-13)23-14-3-2-8-19-15(14)16(18)22/h2-10H,1H3,(H2,18,22). The molecule has 23 heavy (non-hydrogen) atoms. The molecule has 0 spiro atoms. The molecule has 6 heteroatoms. The number of ether oxygens (including phenoxy) is 1. The summed E-state index contributed by atoms with van der Waals surface area (Å²) >= 11 is 0. The van der Waals surface area contributed by atoms with Crippen molar-refractivity contribution in [1.29, 1.82) is 0 Å². The SMILES string of the molecule is Cc1ccc(-c2cnc(Oc3cccnc3C(N)=O)nc2)cc1. The number of amides is 1. The molecule has 0 radical (unpaired) electrons. The van der Waals surface area contributed by atoms with Gasteiger partial charge in [0.05, 0.1) is 0 Å². The summed E-state index contributed by atoms with van der Waals surface area (Å²) in [6.45, 7) is 2.03. The molecule has 114 valence electrons. The zero-order chi connectivity index (χ0) is 16.2. The van der Waals surface area contributed by atoms with E-state index in [1.807, 2.05) is 31.2 Å². The van der Waals surface area contributed by atoms with E-state index in [-0.39, 0.29) is 17.5 Å². The molecule has 0 aliphatic heterocycles. The van der Waals surface area contributed by atoms with Crippen LogP contribution in [0.15, 0.2) is 55.0 Å². The van der Waals surface area contributed by atoms with Gasteiger partial charge in [0.25, 0.3) is 5.91 Å². The highest BCUT2D eigenvalue weighted by Crippen LogP contribution is 2.23. The van der Waals surface area contributed by atoms with Crippen molar-refractivity contribution in [3.05, 3.63) is 66.2 Å². The second-order valence-electron chi connectivity index (χ2n) is 4.94. The highest BCUT2D eigenvalue weighted by molar-refractivity contribution is 5.93. The number of aromatic nitrogens is 3. The molecule has 2 N–H and O–H groups in total. The van der Waals surface area contributed by atoms with Crippen LogP contribution in [0.1, 0.15) is 16.1 Å². The van der Waals surface area contributed by atoms with E-state index in [9.17, 15) is 4.79 Å². The summed E-state index contributed by atoms with van der Waals surface area (Å²) < 4.78 is 5.50. The van der Waals surface area contributed by atoms with Crippen LogP contribution < -0.4 is 10.5 Å². The molecule has 1 amide bonds. The second kappa shape index (κ2) is 6.23. The molecule has 2 aromatic heterocycles. The van der Waals surface area contributed by atoms with Gasteiger partial charge in [-0.15, -0.1) is 0 Å². The van der Waals surface area contributed by atoms with Gasteiger partial charge >= 0.3 is 6.01 Å². The van der Waals surface area contributed by atoms with Crippen molar-refractivity contribution < 1.29 is 9.53 Å². The van der Waals surface area contributed by atoms with E-state index in [4.69, 9.17) is 10.5 Å². The Bertz CT molecular complexity index is 830. The molecular weight excluding hydrogens is 292 g/mol.